The predicted molar refractivity (Wildman–Crippen MR) is 241 cm³/mol. The van der Waals surface area contributed by atoms with E-state index in [0.717, 1.165) is 13.0 Å². The third-order valence-corrected chi connectivity index (χ3v) is 34.7. The molecule has 0 radical (unpaired) electrons. The first-order valence-electron chi connectivity index (χ1n) is 15.8. The fraction of sp³-hybridized carbons (Fsp3) is 1.00. The van der Waals surface area contributed by atoms with Crippen LogP contribution in [0.2, 0.25) is 6.04 Å². The maximum absolute atomic E-state index is 6.36. The molecule has 24 nitrogen and oxygen atoms in total. The second kappa shape index (κ2) is 48.7. The monoisotopic (exact) mass is 1100 g/mol. The number of nitrogens with two attached hydrogens (primary N) is 1. The molecule has 0 rings (SSSR count). The highest BCUT2D eigenvalue weighted by Crippen LogP contribution is 2.17. The van der Waals surface area contributed by atoms with Crippen LogP contribution >= 0.6 is 0 Å². The lowest BCUT2D eigenvalue weighted by Crippen LogP contribution is -2.50. The summed E-state index contributed by atoms with van der Waals surface area (Å²) in [6.45, 7) is 2.01. The van der Waals surface area contributed by atoms with Gasteiger partial charge in [-0.25, -0.2) is 0 Å². The average molecular weight is 1100 g/mol. The van der Waals surface area contributed by atoms with Crippen LogP contribution in [0.1, 0.15) is 6.42 Å². The molecule has 0 aromatic heterocycles. The first-order valence-corrected chi connectivity index (χ1v) is 39.6. The standard InChI is InChI=1S/C8H60N2O22Si20/c1-11-33-14-36-17-39-20-42-23-45-26-48-29-51-32-52(8-4-6-10-7-5-9,30-49-27-46-24-43-21-40-18-37-15-34-12-2)31-50-28-47-25-44-22-41-19-38-16-35-13-3/h10H,4-9,33-51H2,1-3H3. The van der Waals surface area contributed by atoms with Gasteiger partial charge in [0, 0.05) is 40.5 Å². The maximum atomic E-state index is 6.36. The topological polar surface area (TPSA) is 241 Å². The lowest BCUT2D eigenvalue weighted by molar-refractivity contribution is 0.229. The molecule has 0 fully saturated rings. The van der Waals surface area contributed by atoms with E-state index in [1.54, 1.807) is 21.3 Å². The Morgan fingerprint density at radius 1 is 0.365 bits per heavy atom. The summed E-state index contributed by atoms with van der Waals surface area (Å²) in [6.07, 6.45) is 0.761. The molecular weight excluding hydrogens is 1040 g/mol. The molecule has 0 unspecified atom stereocenters. The molecule has 0 aliphatic carbocycles. The highest BCUT2D eigenvalue weighted by atomic mass is 28.5. The zero-order chi connectivity index (χ0) is 37.7. The van der Waals surface area contributed by atoms with E-state index in [2.05, 4.69) is 5.32 Å². The minimum atomic E-state index is -3.17. The van der Waals surface area contributed by atoms with Crippen LogP contribution in [0, 0.1) is 0 Å². The van der Waals surface area contributed by atoms with E-state index in [1.165, 1.54) is 0 Å². The Morgan fingerprint density at radius 2 is 0.615 bits per heavy atom. The lowest BCUT2D eigenvalue weighted by atomic mass is 10.5. The van der Waals surface area contributed by atoms with E-state index in [-0.39, 0.29) is 0 Å². The zero-order valence-corrected chi connectivity index (χ0v) is 58.4. The third kappa shape index (κ3) is 43.0. The molecule has 314 valence electrons. The minimum Gasteiger partial charge on any atom is -0.425 e. The molecule has 0 heterocycles. The predicted octanol–water partition coefficient (Wildman–Crippen LogP) is -18.9. The molecule has 0 aromatic rings. The van der Waals surface area contributed by atoms with Crippen LogP contribution in [0.4, 0.5) is 0 Å². The van der Waals surface area contributed by atoms with Crippen LogP contribution in [0.5, 0.6) is 0 Å². The summed E-state index contributed by atoms with van der Waals surface area (Å²) in [5.74, 6) is 0. The van der Waals surface area contributed by atoms with Crippen molar-refractivity contribution in [3.8, 4) is 0 Å². The van der Waals surface area contributed by atoms with Crippen LogP contribution < -0.4 is 11.1 Å². The zero-order valence-electron chi connectivity index (χ0n) is 30.5. The number of nitrogens with one attached hydrogen (secondary N) is 1. The SMILES string of the molecule is CO[SiH2]O[SiH2]O[SiH2]O[SiH2]O[SiH2]O[SiH2]O[SiH2]O[Si](CCCNCCN)(O[SiH2]O[SiH2]O[SiH2]O[SiH2]O[SiH2]O[SiH2]OC)O[SiH2]O[SiH2]O[SiH2]O[SiH2]O[SiH2]O[SiH2]OC. The van der Waals surface area contributed by atoms with Crippen LogP contribution in [-0.2, 0) is 91.5 Å². The van der Waals surface area contributed by atoms with Crippen molar-refractivity contribution in [3.05, 3.63) is 0 Å². The Bertz CT molecular complexity index is 663. The summed E-state index contributed by atoms with van der Waals surface area (Å²) in [7, 11) is -19.8. The first-order chi connectivity index (χ1) is 25.7. The Hall–Kier alpha value is 3.38. The van der Waals surface area contributed by atoms with E-state index in [1.807, 2.05) is 0 Å². The summed E-state index contributed by atoms with van der Waals surface area (Å²) >= 11 is 0. The van der Waals surface area contributed by atoms with Gasteiger partial charge in [0.2, 0.25) is 0 Å². The van der Waals surface area contributed by atoms with Crippen LogP contribution in [0.3, 0.4) is 0 Å². The summed E-state index contributed by atoms with van der Waals surface area (Å²) in [4.78, 5) is 0. The van der Waals surface area contributed by atoms with Crippen LogP contribution in [0.25, 0.3) is 0 Å². The van der Waals surface area contributed by atoms with E-state index in [0.29, 0.717) is 19.1 Å². The van der Waals surface area contributed by atoms with Crippen LogP contribution in [-0.4, -0.2) is 240 Å². The number of rotatable bonds is 47. The molecule has 3 N–H and O–H groups in total. The van der Waals surface area contributed by atoms with Gasteiger partial charge in [0.05, 0.1) is 0 Å². The Kier molecular flexibility index (Phi) is 51.9. The third-order valence-electron chi connectivity index (χ3n) is 5.01. The summed E-state index contributed by atoms with van der Waals surface area (Å²) in [5, 5.41) is 3.31. The van der Waals surface area contributed by atoms with E-state index < -0.39 is 199 Å². The molecular formula is C8H60N2O22Si20. The van der Waals surface area contributed by atoms with Crippen molar-refractivity contribution in [1.82, 2.24) is 5.32 Å². The number of hydrogen-bond acceptors (Lipinski definition) is 24. The highest BCUT2D eigenvalue weighted by molar-refractivity contribution is 6.73. The van der Waals surface area contributed by atoms with Crippen molar-refractivity contribution < 1.29 is 91.5 Å². The number of hydrogen-bond donors (Lipinski definition) is 2. The van der Waals surface area contributed by atoms with Crippen molar-refractivity contribution in [2.24, 2.45) is 5.73 Å². The van der Waals surface area contributed by atoms with Gasteiger partial charge < -0.3 is 103 Å². The lowest BCUT2D eigenvalue weighted by Gasteiger charge is -2.30. The molecule has 44 heteroatoms. The molecule has 0 aromatic carbocycles. The summed E-state index contributed by atoms with van der Waals surface area (Å²) in [5.41, 5.74) is 5.64. The highest BCUT2D eigenvalue weighted by Gasteiger charge is 2.40. The summed E-state index contributed by atoms with van der Waals surface area (Å²) in [6, 6.07) is 0.576. The van der Waals surface area contributed by atoms with Gasteiger partial charge in [-0.1, -0.05) is 0 Å². The average Bonchev–Trinajstić information content (AvgIpc) is 3.15. The van der Waals surface area contributed by atoms with Gasteiger partial charge in [0.1, 0.15) is 0 Å². The van der Waals surface area contributed by atoms with Gasteiger partial charge in [-0.05, 0) is 13.0 Å². The van der Waals surface area contributed by atoms with Gasteiger partial charge in [0.15, 0.2) is 0 Å². The van der Waals surface area contributed by atoms with Gasteiger partial charge in [-0.15, -0.1) is 0 Å². The van der Waals surface area contributed by atoms with Gasteiger partial charge >= 0.3 is 8.80 Å². The fourth-order valence-corrected chi connectivity index (χ4v) is 40.2. The van der Waals surface area contributed by atoms with Crippen molar-refractivity contribution in [2.75, 3.05) is 41.0 Å². The molecule has 0 bridgehead atoms. The molecule has 0 spiro atoms. The van der Waals surface area contributed by atoms with Crippen molar-refractivity contribution >= 4 is 199 Å². The smallest absolute Gasteiger partial charge is 0.425 e. The fourth-order valence-electron chi connectivity index (χ4n) is 2.95. The largest absolute Gasteiger partial charge is 0.473 e. The van der Waals surface area contributed by atoms with Gasteiger partial charge in [-0.2, -0.15) is 0 Å². The van der Waals surface area contributed by atoms with E-state index in [9.17, 15) is 0 Å². The second-order valence-corrected chi connectivity index (χ2v) is 46.8. The summed E-state index contributed by atoms with van der Waals surface area (Å²) < 4.78 is 123. The normalized spacial score (nSPS) is 17.3. The van der Waals surface area contributed by atoms with Crippen LogP contribution in [0.15, 0.2) is 0 Å². The molecule has 0 atom stereocenters. The molecule has 0 saturated heterocycles. The molecule has 0 aliphatic heterocycles. The maximum Gasteiger partial charge on any atom is 0.473 e. The quantitative estimate of drug-likeness (QED) is 0.0425. The first kappa shape index (κ1) is 55.4. The van der Waals surface area contributed by atoms with Crippen molar-refractivity contribution in [3.63, 3.8) is 0 Å². The van der Waals surface area contributed by atoms with Crippen molar-refractivity contribution in [2.45, 2.75) is 12.5 Å². The van der Waals surface area contributed by atoms with Gasteiger partial charge in [0.25, 0.3) is 190 Å². The Morgan fingerprint density at radius 3 is 0.865 bits per heavy atom. The molecule has 0 aliphatic rings. The Balaban J connectivity index is 4.68. The molecule has 0 amide bonds. The Labute approximate surface area is 352 Å². The van der Waals surface area contributed by atoms with Gasteiger partial charge in [-0.3, -0.25) is 0 Å². The van der Waals surface area contributed by atoms with E-state index >= 15 is 0 Å². The molecule has 52 heavy (non-hydrogen) atoms. The second-order valence-electron chi connectivity index (χ2n) is 9.13. The van der Waals surface area contributed by atoms with E-state index in [4.69, 9.17) is 97.2 Å². The molecule has 0 saturated carbocycles. The minimum absolute atomic E-state index is 0.553. The van der Waals surface area contributed by atoms with Crippen molar-refractivity contribution in [1.29, 1.82) is 0 Å².